The normalized spacial score (nSPS) is 13.0. The molecule has 35 heavy (non-hydrogen) atoms. The molecule has 0 N–H and O–H groups in total. The van der Waals surface area contributed by atoms with Crippen LogP contribution in [0.15, 0.2) is 58.4 Å². The average Bonchev–Trinajstić information content (AvgIpc) is 2.77. The van der Waals surface area contributed by atoms with Crippen LogP contribution in [-0.2, 0) is 14.6 Å². The molecule has 1 heterocycles. The van der Waals surface area contributed by atoms with E-state index in [1.54, 1.807) is 12.1 Å². The van der Waals surface area contributed by atoms with Gasteiger partial charge in [0.15, 0.2) is 27.2 Å². The first kappa shape index (κ1) is 26.5. The molecule has 0 fully saturated rings. The Kier molecular flexibility index (Phi) is 7.76. The molecular formula is C25H28F2N2O5S. The molecular weight excluding hydrogens is 478 g/mol. The lowest BCUT2D eigenvalue weighted by Gasteiger charge is -2.23. The average molecular weight is 507 g/mol. The van der Waals surface area contributed by atoms with Gasteiger partial charge in [-0.2, -0.15) is 9.78 Å². The molecule has 2 aromatic carbocycles. The third kappa shape index (κ3) is 6.73. The molecule has 0 saturated heterocycles. The van der Waals surface area contributed by atoms with Crippen LogP contribution in [-0.4, -0.2) is 43.3 Å². The standard InChI is InChI=1S/C25H28F2N2O5S/c1-16(15-34-25(2,3)4)14-33-23-20(17-6-9-19(10-7-17)35(5,31)32)13-28-29(24(23)30)18-8-11-21(26)22(27)12-18/h6-13,16H,14-15H2,1-5H3/t16-/m0/s1. The smallest absolute Gasteiger partial charge is 0.314 e. The summed E-state index contributed by atoms with van der Waals surface area (Å²) >= 11 is 0. The van der Waals surface area contributed by atoms with E-state index in [9.17, 15) is 22.0 Å². The summed E-state index contributed by atoms with van der Waals surface area (Å²) in [7, 11) is -3.40. The highest BCUT2D eigenvalue weighted by atomic mass is 32.2. The maximum Gasteiger partial charge on any atom is 0.314 e. The molecule has 0 amide bonds. The molecule has 0 bridgehead atoms. The fourth-order valence-corrected chi connectivity index (χ4v) is 3.76. The zero-order valence-electron chi connectivity index (χ0n) is 20.2. The van der Waals surface area contributed by atoms with Crippen LogP contribution >= 0.6 is 0 Å². The van der Waals surface area contributed by atoms with E-state index in [-0.39, 0.29) is 34.5 Å². The number of nitrogens with zero attached hydrogens (tertiary/aromatic N) is 2. The zero-order chi connectivity index (χ0) is 26.0. The Bertz CT molecular complexity index is 1360. The number of halogens is 2. The molecule has 3 rings (SSSR count). The first-order valence-electron chi connectivity index (χ1n) is 10.9. The highest BCUT2D eigenvalue weighted by molar-refractivity contribution is 7.90. The summed E-state index contributed by atoms with van der Waals surface area (Å²) in [6.45, 7) is 8.24. The van der Waals surface area contributed by atoms with Crippen LogP contribution in [0.3, 0.4) is 0 Å². The number of ether oxygens (including phenoxy) is 2. The molecule has 0 saturated carbocycles. The van der Waals surface area contributed by atoms with E-state index in [2.05, 4.69) is 5.10 Å². The van der Waals surface area contributed by atoms with E-state index in [0.29, 0.717) is 17.7 Å². The lowest BCUT2D eigenvalue weighted by atomic mass is 10.1. The number of hydrogen-bond donors (Lipinski definition) is 0. The van der Waals surface area contributed by atoms with Gasteiger partial charge in [-0.15, -0.1) is 0 Å². The molecule has 0 aliphatic heterocycles. The lowest BCUT2D eigenvalue weighted by molar-refractivity contribution is -0.0258. The highest BCUT2D eigenvalue weighted by Gasteiger charge is 2.19. The van der Waals surface area contributed by atoms with Crippen molar-refractivity contribution < 1.29 is 26.7 Å². The van der Waals surface area contributed by atoms with Crippen molar-refractivity contribution in [2.45, 2.75) is 38.2 Å². The van der Waals surface area contributed by atoms with Crippen LogP contribution < -0.4 is 10.3 Å². The van der Waals surface area contributed by atoms with Crippen molar-refractivity contribution in [3.8, 4) is 22.6 Å². The maximum atomic E-state index is 13.8. The van der Waals surface area contributed by atoms with Gasteiger partial charge in [-0.1, -0.05) is 19.1 Å². The molecule has 0 aliphatic carbocycles. The molecule has 3 aromatic rings. The van der Waals surface area contributed by atoms with Gasteiger partial charge in [-0.3, -0.25) is 4.79 Å². The lowest BCUT2D eigenvalue weighted by Crippen LogP contribution is -2.28. The minimum absolute atomic E-state index is 0.0295. The van der Waals surface area contributed by atoms with Gasteiger partial charge in [0.05, 0.1) is 35.6 Å². The molecule has 0 aliphatic rings. The summed E-state index contributed by atoms with van der Waals surface area (Å²) in [5.74, 6) is -2.29. The molecule has 10 heteroatoms. The quantitative estimate of drug-likeness (QED) is 0.450. The highest BCUT2D eigenvalue weighted by Crippen LogP contribution is 2.28. The van der Waals surface area contributed by atoms with Crippen LogP contribution in [0.1, 0.15) is 27.7 Å². The van der Waals surface area contributed by atoms with Crippen LogP contribution in [0.25, 0.3) is 16.8 Å². The fraction of sp³-hybridized carbons (Fsp3) is 0.360. The summed E-state index contributed by atoms with van der Waals surface area (Å²) in [6.07, 6.45) is 2.46. The molecule has 7 nitrogen and oxygen atoms in total. The third-order valence-electron chi connectivity index (χ3n) is 4.99. The summed E-state index contributed by atoms with van der Waals surface area (Å²) in [4.78, 5) is 13.5. The monoisotopic (exact) mass is 506 g/mol. The Hall–Kier alpha value is -3.11. The Labute approximate surface area is 203 Å². The first-order valence-corrected chi connectivity index (χ1v) is 12.8. The molecule has 1 atom stereocenters. The topological polar surface area (TPSA) is 87.5 Å². The second-order valence-electron chi connectivity index (χ2n) is 9.34. The minimum Gasteiger partial charge on any atom is -0.487 e. The van der Waals surface area contributed by atoms with Crippen molar-refractivity contribution in [1.82, 2.24) is 9.78 Å². The van der Waals surface area contributed by atoms with Crippen LogP contribution in [0.4, 0.5) is 8.78 Å². The number of sulfone groups is 1. The van der Waals surface area contributed by atoms with E-state index in [4.69, 9.17) is 9.47 Å². The Balaban J connectivity index is 2.03. The number of rotatable bonds is 8. The fourth-order valence-electron chi connectivity index (χ4n) is 3.13. The van der Waals surface area contributed by atoms with Crippen molar-refractivity contribution in [3.05, 3.63) is 70.6 Å². The SMILES string of the molecule is C[C@@H](COc1c(-c2ccc(S(C)(=O)=O)cc2)cnn(-c2ccc(F)c(F)c2)c1=O)COC(C)(C)C. The van der Waals surface area contributed by atoms with Crippen molar-refractivity contribution in [2.75, 3.05) is 19.5 Å². The molecule has 0 spiro atoms. The second kappa shape index (κ2) is 10.2. The second-order valence-corrected chi connectivity index (χ2v) is 11.4. The molecule has 188 valence electrons. The van der Waals surface area contributed by atoms with E-state index in [1.807, 2.05) is 27.7 Å². The van der Waals surface area contributed by atoms with Gasteiger partial charge in [0.2, 0.25) is 0 Å². The van der Waals surface area contributed by atoms with Crippen molar-refractivity contribution in [3.63, 3.8) is 0 Å². The zero-order valence-corrected chi connectivity index (χ0v) is 21.0. The summed E-state index contributed by atoms with van der Waals surface area (Å²) in [5.41, 5.74) is -0.145. The van der Waals surface area contributed by atoms with Crippen LogP contribution in [0.2, 0.25) is 0 Å². The van der Waals surface area contributed by atoms with Gasteiger partial charge in [0.1, 0.15) is 0 Å². The van der Waals surface area contributed by atoms with Crippen molar-refractivity contribution in [1.29, 1.82) is 0 Å². The van der Waals surface area contributed by atoms with Gasteiger partial charge in [-0.25, -0.2) is 17.2 Å². The predicted octanol–water partition coefficient (Wildman–Crippen LogP) is 4.41. The predicted molar refractivity (Wildman–Crippen MR) is 129 cm³/mol. The summed E-state index contributed by atoms with van der Waals surface area (Å²) in [5, 5.41) is 4.12. The Morgan fingerprint density at radius 1 is 1.03 bits per heavy atom. The minimum atomic E-state index is -3.40. The van der Waals surface area contributed by atoms with Gasteiger partial charge in [0, 0.05) is 23.8 Å². The van der Waals surface area contributed by atoms with Crippen molar-refractivity contribution >= 4 is 9.84 Å². The van der Waals surface area contributed by atoms with Crippen LogP contribution in [0, 0.1) is 17.6 Å². The van der Waals surface area contributed by atoms with Gasteiger partial charge in [0.25, 0.3) is 0 Å². The number of aromatic nitrogens is 2. The summed E-state index contributed by atoms with van der Waals surface area (Å²) < 4.78 is 63.4. The molecule has 0 unspecified atom stereocenters. The van der Waals surface area contributed by atoms with E-state index < -0.39 is 27.0 Å². The van der Waals surface area contributed by atoms with Gasteiger partial charge >= 0.3 is 5.56 Å². The van der Waals surface area contributed by atoms with E-state index in [1.165, 1.54) is 24.4 Å². The Morgan fingerprint density at radius 3 is 2.26 bits per heavy atom. The van der Waals surface area contributed by atoms with Gasteiger partial charge < -0.3 is 9.47 Å². The number of hydrogen-bond acceptors (Lipinski definition) is 6. The van der Waals surface area contributed by atoms with Crippen molar-refractivity contribution in [2.24, 2.45) is 5.92 Å². The molecule has 0 radical (unpaired) electrons. The van der Waals surface area contributed by atoms with E-state index >= 15 is 0 Å². The third-order valence-corrected chi connectivity index (χ3v) is 6.12. The van der Waals surface area contributed by atoms with E-state index in [0.717, 1.165) is 23.1 Å². The largest absolute Gasteiger partial charge is 0.487 e. The van der Waals surface area contributed by atoms with Crippen LogP contribution in [0.5, 0.6) is 5.75 Å². The number of benzene rings is 2. The first-order chi connectivity index (χ1) is 16.3. The molecule has 1 aromatic heterocycles. The Morgan fingerprint density at radius 2 is 1.69 bits per heavy atom. The van der Waals surface area contributed by atoms with Gasteiger partial charge in [-0.05, 0) is 50.6 Å². The maximum absolute atomic E-state index is 13.8. The summed E-state index contributed by atoms with van der Waals surface area (Å²) in [6, 6.07) is 8.96.